The lowest BCUT2D eigenvalue weighted by Gasteiger charge is -2.32. The van der Waals surface area contributed by atoms with E-state index in [1.807, 2.05) is 6.92 Å². The van der Waals surface area contributed by atoms with Gasteiger partial charge in [-0.2, -0.15) is 4.31 Å². The van der Waals surface area contributed by atoms with Crippen LogP contribution in [0.15, 0.2) is 23.2 Å². The fourth-order valence-corrected chi connectivity index (χ4v) is 3.83. The predicted octanol–water partition coefficient (Wildman–Crippen LogP) is 0.0224. The second-order valence-corrected chi connectivity index (χ2v) is 6.32. The topological polar surface area (TPSA) is 91.4 Å². The van der Waals surface area contributed by atoms with Crippen LogP contribution >= 0.6 is 0 Å². The summed E-state index contributed by atoms with van der Waals surface area (Å²) in [5.41, 5.74) is 0. The van der Waals surface area contributed by atoms with E-state index in [0.29, 0.717) is 18.9 Å². The number of anilines is 1. The Morgan fingerprint density at radius 3 is 3.00 bits per heavy atom. The molecule has 2 N–H and O–H groups in total. The molecule has 1 aliphatic rings. The number of rotatable bonds is 4. The lowest BCUT2D eigenvalue weighted by atomic mass is 10.2. The minimum Gasteiger partial charge on any atom is -0.369 e. The van der Waals surface area contributed by atoms with Gasteiger partial charge < -0.3 is 10.6 Å². The third kappa shape index (κ3) is 2.61. The van der Waals surface area contributed by atoms with Gasteiger partial charge in [-0.25, -0.2) is 13.4 Å². The molecule has 7 nitrogen and oxygen atoms in total. The average molecular weight is 298 g/mol. The Kier molecular flexibility index (Phi) is 4.24. The first-order chi connectivity index (χ1) is 9.48. The molecule has 8 heteroatoms. The number of sulfonamides is 1. The Morgan fingerprint density at radius 2 is 2.30 bits per heavy atom. The van der Waals surface area contributed by atoms with Gasteiger partial charge in [0.1, 0.15) is 16.8 Å². The highest BCUT2D eigenvalue weighted by Crippen LogP contribution is 2.24. The van der Waals surface area contributed by atoms with E-state index in [9.17, 15) is 13.2 Å². The van der Waals surface area contributed by atoms with E-state index in [1.165, 1.54) is 16.6 Å². The number of hydrogen-bond acceptors (Lipinski definition) is 5. The molecule has 1 fully saturated rings. The number of carbonyl (C=O) groups is 1. The Labute approximate surface area is 118 Å². The molecule has 1 aromatic rings. The minimum atomic E-state index is -3.75. The molecule has 1 atom stereocenters. The van der Waals surface area contributed by atoms with Crippen molar-refractivity contribution in [2.24, 2.45) is 0 Å². The van der Waals surface area contributed by atoms with Crippen molar-refractivity contribution >= 4 is 21.7 Å². The van der Waals surface area contributed by atoms with Crippen LogP contribution in [0.2, 0.25) is 0 Å². The summed E-state index contributed by atoms with van der Waals surface area (Å²) in [6.07, 6.45) is 1.53. The molecule has 0 saturated carbocycles. The number of nitrogens with one attached hydrogen (secondary N) is 2. The lowest BCUT2D eigenvalue weighted by Crippen LogP contribution is -2.55. The number of nitrogens with zero attached hydrogens (tertiary/aromatic N) is 2. The molecule has 0 aliphatic carbocycles. The van der Waals surface area contributed by atoms with Crippen LogP contribution in [0, 0.1) is 0 Å². The summed E-state index contributed by atoms with van der Waals surface area (Å²) in [6, 6.07) is 2.35. The molecule has 110 valence electrons. The quantitative estimate of drug-likeness (QED) is 0.818. The van der Waals surface area contributed by atoms with Gasteiger partial charge >= 0.3 is 0 Å². The predicted molar refractivity (Wildman–Crippen MR) is 74.8 cm³/mol. The number of aromatic nitrogens is 1. The Bertz CT molecular complexity index is 602. The van der Waals surface area contributed by atoms with Gasteiger partial charge in [0.2, 0.25) is 15.9 Å². The van der Waals surface area contributed by atoms with Crippen molar-refractivity contribution in [2.45, 2.75) is 24.8 Å². The van der Waals surface area contributed by atoms with Crippen molar-refractivity contribution in [3.63, 3.8) is 0 Å². The molecular formula is C12H18N4O3S. The molecule has 0 radical (unpaired) electrons. The second-order valence-electron chi connectivity index (χ2n) is 4.46. The molecule has 0 bridgehead atoms. The van der Waals surface area contributed by atoms with Crippen LogP contribution in [-0.4, -0.2) is 49.3 Å². The highest BCUT2D eigenvalue weighted by Gasteiger charge is 2.36. The number of pyridine rings is 1. The van der Waals surface area contributed by atoms with Gasteiger partial charge in [0.25, 0.3) is 0 Å². The number of amides is 1. The third-order valence-corrected chi connectivity index (χ3v) is 5.15. The first kappa shape index (κ1) is 14.7. The van der Waals surface area contributed by atoms with Crippen molar-refractivity contribution in [3.05, 3.63) is 18.3 Å². The zero-order valence-corrected chi connectivity index (χ0v) is 12.3. The van der Waals surface area contributed by atoms with Gasteiger partial charge in [0.15, 0.2) is 0 Å². The maximum Gasteiger partial charge on any atom is 0.247 e. The van der Waals surface area contributed by atoms with E-state index in [4.69, 9.17) is 0 Å². The van der Waals surface area contributed by atoms with Crippen LogP contribution in [-0.2, 0) is 14.8 Å². The molecular weight excluding hydrogens is 280 g/mol. The first-order valence-corrected chi connectivity index (χ1v) is 7.91. The fraction of sp³-hybridized carbons (Fsp3) is 0.500. The van der Waals surface area contributed by atoms with Crippen molar-refractivity contribution in [1.29, 1.82) is 0 Å². The van der Waals surface area contributed by atoms with E-state index in [2.05, 4.69) is 15.6 Å². The van der Waals surface area contributed by atoms with Crippen LogP contribution in [0.4, 0.5) is 5.82 Å². The molecule has 1 amide bonds. The van der Waals surface area contributed by atoms with E-state index >= 15 is 0 Å². The minimum absolute atomic E-state index is 0.100. The fourth-order valence-electron chi connectivity index (χ4n) is 2.11. The van der Waals surface area contributed by atoms with Crippen LogP contribution in [0.5, 0.6) is 0 Å². The highest BCUT2D eigenvalue weighted by molar-refractivity contribution is 7.89. The van der Waals surface area contributed by atoms with Crippen LogP contribution in [0.25, 0.3) is 0 Å². The SMILES string of the molecule is CCNc1ncccc1S(=O)(=O)N1CCNC(=O)C1C. The summed E-state index contributed by atoms with van der Waals surface area (Å²) < 4.78 is 26.6. The van der Waals surface area contributed by atoms with Crippen LogP contribution in [0.1, 0.15) is 13.8 Å². The normalized spacial score (nSPS) is 20.5. The monoisotopic (exact) mass is 298 g/mol. The molecule has 0 spiro atoms. The van der Waals surface area contributed by atoms with E-state index in [1.54, 1.807) is 13.0 Å². The van der Waals surface area contributed by atoms with Crippen molar-refractivity contribution in [3.8, 4) is 0 Å². The van der Waals surface area contributed by atoms with Gasteiger partial charge in [0.05, 0.1) is 0 Å². The first-order valence-electron chi connectivity index (χ1n) is 6.47. The second kappa shape index (κ2) is 5.76. The Balaban J connectivity index is 2.42. The number of carbonyl (C=O) groups excluding carboxylic acids is 1. The summed E-state index contributed by atoms with van der Waals surface area (Å²) in [5, 5.41) is 5.58. The average Bonchev–Trinajstić information content (AvgIpc) is 2.42. The molecule has 0 aromatic carbocycles. The Hall–Kier alpha value is -1.67. The summed E-state index contributed by atoms with van der Waals surface area (Å²) >= 11 is 0. The third-order valence-electron chi connectivity index (χ3n) is 3.14. The van der Waals surface area contributed by atoms with Gasteiger partial charge in [-0.05, 0) is 26.0 Å². The number of piperazine rings is 1. The van der Waals surface area contributed by atoms with E-state index in [0.717, 1.165) is 0 Å². The zero-order chi connectivity index (χ0) is 14.8. The molecule has 1 unspecified atom stereocenters. The smallest absolute Gasteiger partial charge is 0.247 e. The summed E-state index contributed by atoms with van der Waals surface area (Å²) in [7, 11) is -3.75. The summed E-state index contributed by atoms with van der Waals surface area (Å²) in [5.74, 6) is 0.0295. The maximum absolute atomic E-state index is 12.7. The van der Waals surface area contributed by atoms with Gasteiger partial charge in [-0.15, -0.1) is 0 Å². The molecule has 2 rings (SSSR count). The van der Waals surface area contributed by atoms with Crippen molar-refractivity contribution in [1.82, 2.24) is 14.6 Å². The molecule has 2 heterocycles. The van der Waals surface area contributed by atoms with Gasteiger partial charge in [-0.1, -0.05) is 0 Å². The van der Waals surface area contributed by atoms with Crippen LogP contribution < -0.4 is 10.6 Å². The molecule has 1 aromatic heterocycles. The number of hydrogen-bond donors (Lipinski definition) is 2. The Morgan fingerprint density at radius 1 is 1.55 bits per heavy atom. The largest absolute Gasteiger partial charge is 0.369 e. The lowest BCUT2D eigenvalue weighted by molar-refractivity contribution is -0.126. The van der Waals surface area contributed by atoms with Gasteiger partial charge in [-0.3, -0.25) is 4.79 Å². The van der Waals surface area contributed by atoms with Crippen molar-refractivity contribution < 1.29 is 13.2 Å². The van der Waals surface area contributed by atoms with Gasteiger partial charge in [0, 0.05) is 25.8 Å². The highest BCUT2D eigenvalue weighted by atomic mass is 32.2. The summed E-state index contributed by atoms with van der Waals surface area (Å²) in [4.78, 5) is 15.8. The van der Waals surface area contributed by atoms with Crippen LogP contribution in [0.3, 0.4) is 0 Å². The van der Waals surface area contributed by atoms with E-state index < -0.39 is 16.1 Å². The zero-order valence-electron chi connectivity index (χ0n) is 11.5. The molecule has 20 heavy (non-hydrogen) atoms. The van der Waals surface area contributed by atoms with Crippen molar-refractivity contribution in [2.75, 3.05) is 25.0 Å². The summed E-state index contributed by atoms with van der Waals surface area (Å²) in [6.45, 7) is 4.59. The van der Waals surface area contributed by atoms with E-state index in [-0.39, 0.29) is 17.3 Å². The maximum atomic E-state index is 12.7. The molecule has 1 saturated heterocycles. The standard InChI is InChI=1S/C12H18N4O3S/c1-3-13-11-10(5-4-6-14-11)20(18,19)16-8-7-15-12(17)9(16)2/h4-6,9H,3,7-8H2,1-2H3,(H,13,14)(H,15,17). The molecule has 1 aliphatic heterocycles.